The Hall–Kier alpha value is -3.26. The molecule has 0 radical (unpaired) electrons. The Labute approximate surface area is 184 Å². The molecule has 5 atom stereocenters. The van der Waals surface area contributed by atoms with E-state index in [0.717, 1.165) is 16.3 Å². The van der Waals surface area contributed by atoms with Crippen molar-refractivity contribution in [2.45, 2.75) is 37.2 Å². The van der Waals surface area contributed by atoms with E-state index in [1.807, 2.05) is 54.6 Å². The number of hydrogen-bond acceptors (Lipinski definition) is 7. The van der Waals surface area contributed by atoms with Crippen LogP contribution in [0.3, 0.4) is 0 Å². The Morgan fingerprint density at radius 3 is 2.50 bits per heavy atom. The van der Waals surface area contributed by atoms with Crippen molar-refractivity contribution in [1.82, 2.24) is 5.23 Å². The number of ketones is 1. The van der Waals surface area contributed by atoms with Crippen LogP contribution in [-0.4, -0.2) is 47.9 Å². The molecule has 3 aromatic rings. The summed E-state index contributed by atoms with van der Waals surface area (Å²) in [5.41, 5.74) is 1.46. The summed E-state index contributed by atoms with van der Waals surface area (Å²) < 4.78 is 11.5. The highest BCUT2D eigenvalue weighted by molar-refractivity contribution is 6.01. The second-order valence-corrected chi connectivity index (χ2v) is 8.12. The van der Waals surface area contributed by atoms with Crippen LogP contribution in [0.2, 0.25) is 0 Å². The molecular weight excluding hydrogens is 410 g/mol. The molecule has 32 heavy (non-hydrogen) atoms. The number of nitrogens with zero attached hydrogens (tertiary/aromatic N) is 1. The van der Waals surface area contributed by atoms with Gasteiger partial charge in [0, 0.05) is 17.0 Å². The van der Waals surface area contributed by atoms with Crippen molar-refractivity contribution < 1.29 is 28.7 Å². The van der Waals surface area contributed by atoms with E-state index >= 15 is 0 Å². The van der Waals surface area contributed by atoms with E-state index in [1.165, 1.54) is 5.23 Å². The van der Waals surface area contributed by atoms with Gasteiger partial charge >= 0.3 is 5.97 Å². The van der Waals surface area contributed by atoms with E-state index in [1.54, 1.807) is 19.1 Å². The smallest absolute Gasteiger partial charge is 0.341 e. The van der Waals surface area contributed by atoms with Crippen molar-refractivity contribution in [1.29, 1.82) is 0 Å². The summed E-state index contributed by atoms with van der Waals surface area (Å²) >= 11 is 0. The summed E-state index contributed by atoms with van der Waals surface area (Å²) in [7, 11) is 0. The highest BCUT2D eigenvalue weighted by Crippen LogP contribution is 2.52. The van der Waals surface area contributed by atoms with Crippen LogP contribution in [0.5, 0.6) is 5.75 Å². The molecule has 0 saturated carbocycles. The Morgan fingerprint density at radius 1 is 0.938 bits per heavy atom. The lowest BCUT2D eigenvalue weighted by molar-refractivity contribution is -0.347. The van der Waals surface area contributed by atoms with Gasteiger partial charge in [0.2, 0.25) is 6.10 Å². The number of esters is 1. The van der Waals surface area contributed by atoms with Crippen LogP contribution >= 0.6 is 0 Å². The Kier molecular flexibility index (Phi) is 4.50. The van der Waals surface area contributed by atoms with Gasteiger partial charge in [-0.2, -0.15) is 0 Å². The third-order valence-electron chi connectivity index (χ3n) is 6.37. The highest BCUT2D eigenvalue weighted by Gasteiger charge is 2.64. The van der Waals surface area contributed by atoms with Gasteiger partial charge in [-0.05, 0) is 23.8 Å². The first-order chi connectivity index (χ1) is 15.7. The van der Waals surface area contributed by atoms with Crippen molar-refractivity contribution in [3.63, 3.8) is 0 Å². The lowest BCUT2D eigenvalue weighted by atomic mass is 9.77. The molecule has 2 saturated heterocycles. The first-order valence-corrected chi connectivity index (χ1v) is 10.7. The SMILES string of the molecule is CCOC(=O)[C@@H]1ON2O[C@H](C(=O)c3ccccc3)[C@H]3c4c(ccc5ccccc45)O[C@@H]1[C@H]32. The average molecular weight is 431 g/mol. The van der Waals surface area contributed by atoms with Gasteiger partial charge in [-0.1, -0.05) is 65.9 Å². The zero-order valence-corrected chi connectivity index (χ0v) is 17.3. The van der Waals surface area contributed by atoms with Crippen LogP contribution in [0.1, 0.15) is 28.8 Å². The van der Waals surface area contributed by atoms with Crippen molar-refractivity contribution in [3.8, 4) is 5.75 Å². The number of ether oxygens (including phenoxy) is 2. The monoisotopic (exact) mass is 431 g/mol. The van der Waals surface area contributed by atoms with Crippen LogP contribution in [0, 0.1) is 0 Å². The van der Waals surface area contributed by atoms with Gasteiger partial charge in [-0.15, -0.1) is 0 Å². The van der Waals surface area contributed by atoms with Gasteiger partial charge in [-0.3, -0.25) is 14.5 Å². The minimum atomic E-state index is -0.963. The number of Topliss-reactive ketones (excluding diaryl/α,β-unsaturated/α-hetero) is 1. The quantitative estimate of drug-likeness (QED) is 0.463. The summed E-state index contributed by atoms with van der Waals surface area (Å²) in [6.07, 6.45) is -2.42. The maximum absolute atomic E-state index is 13.5. The minimum absolute atomic E-state index is 0.138. The summed E-state index contributed by atoms with van der Waals surface area (Å²) in [6, 6.07) is 20.5. The Morgan fingerprint density at radius 2 is 1.69 bits per heavy atom. The topological polar surface area (TPSA) is 74.3 Å². The molecule has 0 aliphatic carbocycles. The molecule has 7 heteroatoms. The van der Waals surface area contributed by atoms with Crippen LogP contribution in [0.15, 0.2) is 66.7 Å². The van der Waals surface area contributed by atoms with Gasteiger partial charge in [0.05, 0.1) is 6.61 Å². The number of benzene rings is 3. The molecular formula is C25H21NO6. The first-order valence-electron chi connectivity index (χ1n) is 10.7. The lowest BCUT2D eigenvalue weighted by Gasteiger charge is -2.34. The zero-order valence-electron chi connectivity index (χ0n) is 17.3. The van der Waals surface area contributed by atoms with Crippen LogP contribution in [0.25, 0.3) is 10.8 Å². The van der Waals surface area contributed by atoms with Gasteiger partial charge in [0.15, 0.2) is 18.0 Å². The molecule has 6 rings (SSSR count). The van der Waals surface area contributed by atoms with Crippen molar-refractivity contribution >= 4 is 22.5 Å². The van der Waals surface area contributed by atoms with Gasteiger partial charge in [0.1, 0.15) is 11.8 Å². The number of carbonyl (C=O) groups excluding carboxylic acids is 2. The summed E-state index contributed by atoms with van der Waals surface area (Å²) in [5.74, 6) is -0.390. The normalized spacial score (nSPS) is 28.1. The largest absolute Gasteiger partial charge is 0.485 e. The highest BCUT2D eigenvalue weighted by atomic mass is 17.0. The van der Waals surface area contributed by atoms with E-state index in [-0.39, 0.29) is 18.3 Å². The third kappa shape index (κ3) is 2.79. The average Bonchev–Trinajstić information content (AvgIpc) is 3.39. The molecule has 162 valence electrons. The van der Waals surface area contributed by atoms with Crippen LogP contribution < -0.4 is 4.74 Å². The number of hydroxylamine groups is 2. The molecule has 0 amide bonds. The summed E-state index contributed by atoms with van der Waals surface area (Å²) in [5, 5.41) is 3.32. The molecule has 3 aromatic carbocycles. The van der Waals surface area contributed by atoms with Crippen LogP contribution in [-0.2, 0) is 19.2 Å². The van der Waals surface area contributed by atoms with Gasteiger partial charge in [0.25, 0.3) is 0 Å². The molecule has 0 spiro atoms. The second-order valence-electron chi connectivity index (χ2n) is 8.12. The number of carbonyl (C=O) groups is 2. The predicted octanol–water partition coefficient (Wildman–Crippen LogP) is 3.43. The van der Waals surface area contributed by atoms with Crippen molar-refractivity contribution in [2.24, 2.45) is 0 Å². The summed E-state index contributed by atoms with van der Waals surface area (Å²) in [4.78, 5) is 37.9. The fourth-order valence-corrected chi connectivity index (χ4v) is 5.03. The van der Waals surface area contributed by atoms with Crippen molar-refractivity contribution in [2.75, 3.05) is 6.61 Å². The maximum atomic E-state index is 13.5. The molecule has 3 aliphatic heterocycles. The molecule has 3 heterocycles. The van der Waals surface area contributed by atoms with E-state index in [4.69, 9.17) is 19.1 Å². The lowest BCUT2D eigenvalue weighted by Crippen LogP contribution is -2.48. The third-order valence-corrected chi connectivity index (χ3v) is 6.37. The molecule has 0 unspecified atom stereocenters. The standard InChI is InChI=1S/C25H21NO6/c1-2-29-25(28)24-23-20-19(18-16-11-7-6-8-14(16)12-13-17(18)30-23)22(31-26(20)32-24)21(27)15-9-4-3-5-10-15/h3-13,19-20,22-24H,2H2,1H3/t19-,20-,22-,23+,24+/m0/s1. The fourth-order valence-electron chi connectivity index (χ4n) is 5.03. The number of rotatable bonds is 4. The summed E-state index contributed by atoms with van der Waals surface area (Å²) in [6.45, 7) is 1.97. The Bertz CT molecular complexity index is 1210. The van der Waals surface area contributed by atoms with Crippen LogP contribution in [0.4, 0.5) is 0 Å². The van der Waals surface area contributed by atoms with E-state index in [2.05, 4.69) is 0 Å². The van der Waals surface area contributed by atoms with E-state index in [0.29, 0.717) is 11.3 Å². The van der Waals surface area contributed by atoms with E-state index in [9.17, 15) is 9.59 Å². The maximum Gasteiger partial charge on any atom is 0.341 e. The van der Waals surface area contributed by atoms with Gasteiger partial charge < -0.3 is 9.47 Å². The number of fused-ring (bicyclic) bond motifs is 4. The molecule has 0 bridgehead atoms. The number of hydrogen-bond donors (Lipinski definition) is 0. The molecule has 3 aliphatic rings. The zero-order chi connectivity index (χ0) is 21.8. The van der Waals surface area contributed by atoms with Gasteiger partial charge in [-0.25, -0.2) is 4.79 Å². The second kappa shape index (κ2) is 7.41. The van der Waals surface area contributed by atoms with E-state index < -0.39 is 30.3 Å². The fraction of sp³-hybridized carbons (Fsp3) is 0.280. The molecule has 2 fully saturated rings. The minimum Gasteiger partial charge on any atom is -0.485 e. The molecule has 7 nitrogen and oxygen atoms in total. The molecule has 0 N–H and O–H groups in total. The Balaban J connectivity index is 1.50. The molecule has 0 aromatic heterocycles. The predicted molar refractivity (Wildman–Crippen MR) is 114 cm³/mol. The van der Waals surface area contributed by atoms with Crippen molar-refractivity contribution in [3.05, 3.63) is 77.9 Å². The first kappa shape index (κ1) is 19.4.